The zero-order valence-electron chi connectivity index (χ0n) is 11.1. The van der Waals surface area contributed by atoms with Crippen molar-refractivity contribution < 1.29 is 9.53 Å². The van der Waals surface area contributed by atoms with Crippen LogP contribution in [-0.4, -0.2) is 30.6 Å². The molecule has 2 aromatic rings. The van der Waals surface area contributed by atoms with Gasteiger partial charge in [-0.2, -0.15) is 0 Å². The number of amides is 1. The third-order valence-electron chi connectivity index (χ3n) is 3.02. The Bertz CT molecular complexity index is 626. The van der Waals surface area contributed by atoms with Crippen molar-refractivity contribution in [1.82, 2.24) is 4.98 Å². The number of para-hydroxylation sites is 2. The largest absolute Gasteiger partial charge is 0.490 e. The third-order valence-corrected chi connectivity index (χ3v) is 3.90. The highest BCUT2D eigenvalue weighted by atomic mass is 32.1. The number of ether oxygens (including phenoxy) is 1. The number of nitrogens with zero attached hydrogens (tertiary/aromatic N) is 2. The second kappa shape index (κ2) is 5.50. The summed E-state index contributed by atoms with van der Waals surface area (Å²) in [6, 6.07) is 7.77. The maximum absolute atomic E-state index is 12.1. The first-order chi connectivity index (χ1) is 9.72. The van der Waals surface area contributed by atoms with Crippen molar-refractivity contribution in [3.05, 3.63) is 35.3 Å². The summed E-state index contributed by atoms with van der Waals surface area (Å²) in [5.41, 5.74) is 1.88. The van der Waals surface area contributed by atoms with Crippen LogP contribution in [0.3, 0.4) is 0 Å². The highest BCUT2D eigenvalue weighted by molar-refractivity contribution is 7.13. The molecule has 1 amide bonds. The Morgan fingerprint density at radius 2 is 2.35 bits per heavy atom. The molecule has 0 fully saturated rings. The molecule has 1 aliphatic rings. The van der Waals surface area contributed by atoms with Crippen molar-refractivity contribution in [1.29, 1.82) is 0 Å². The van der Waals surface area contributed by atoms with Crippen LogP contribution in [0.1, 0.15) is 5.69 Å². The molecule has 0 saturated heterocycles. The minimum atomic E-state index is -0.0592. The monoisotopic (exact) mass is 289 g/mol. The maximum Gasteiger partial charge on any atom is 0.245 e. The summed E-state index contributed by atoms with van der Waals surface area (Å²) < 4.78 is 5.57. The Kier molecular flexibility index (Phi) is 3.56. The molecule has 0 unspecified atom stereocenters. The number of hydrogen-bond donors (Lipinski definition) is 1. The van der Waals surface area contributed by atoms with Gasteiger partial charge < -0.3 is 15.0 Å². The number of fused-ring (bicyclic) bond motifs is 1. The number of benzene rings is 1. The molecule has 6 heteroatoms. The summed E-state index contributed by atoms with van der Waals surface area (Å²) in [5, 5.41) is 5.39. The van der Waals surface area contributed by atoms with Gasteiger partial charge in [-0.1, -0.05) is 12.1 Å². The summed E-state index contributed by atoms with van der Waals surface area (Å²) in [4.78, 5) is 18.3. The molecule has 1 aromatic heterocycles. The minimum Gasteiger partial charge on any atom is -0.490 e. The Morgan fingerprint density at radius 1 is 1.50 bits per heavy atom. The summed E-state index contributed by atoms with van der Waals surface area (Å²) >= 11 is 1.44. The van der Waals surface area contributed by atoms with Crippen LogP contribution >= 0.6 is 11.3 Å². The predicted octanol–water partition coefficient (Wildman–Crippen LogP) is 2.29. The van der Waals surface area contributed by atoms with E-state index in [1.807, 2.05) is 41.5 Å². The minimum absolute atomic E-state index is 0.0592. The summed E-state index contributed by atoms with van der Waals surface area (Å²) in [5.74, 6) is 0.771. The molecule has 5 nitrogen and oxygen atoms in total. The molecule has 0 atom stereocenters. The van der Waals surface area contributed by atoms with Crippen LogP contribution in [0, 0.1) is 6.92 Å². The third kappa shape index (κ3) is 2.75. The van der Waals surface area contributed by atoms with E-state index in [9.17, 15) is 4.79 Å². The Balaban J connectivity index is 1.68. The van der Waals surface area contributed by atoms with Crippen LogP contribution in [0.15, 0.2) is 29.6 Å². The predicted molar refractivity (Wildman–Crippen MR) is 79.6 cm³/mol. The molecule has 104 valence electrons. The first kappa shape index (κ1) is 12.9. The van der Waals surface area contributed by atoms with Crippen molar-refractivity contribution in [2.24, 2.45) is 0 Å². The zero-order chi connectivity index (χ0) is 13.9. The standard InChI is InChI=1S/C14H15N3O2S/c1-10-9-20-14(15-10)16-13(18)8-17-6-7-19-12-5-3-2-4-11(12)17/h2-5,9H,6-8H2,1H3,(H,15,16,18). The number of aromatic nitrogens is 1. The van der Waals surface area contributed by atoms with Crippen LogP contribution in [0.5, 0.6) is 5.75 Å². The van der Waals surface area contributed by atoms with Crippen LogP contribution < -0.4 is 15.0 Å². The number of anilines is 2. The van der Waals surface area contributed by atoms with Crippen LogP contribution in [0.4, 0.5) is 10.8 Å². The second-order valence-electron chi connectivity index (χ2n) is 4.58. The van der Waals surface area contributed by atoms with E-state index in [2.05, 4.69) is 10.3 Å². The maximum atomic E-state index is 12.1. The second-order valence-corrected chi connectivity index (χ2v) is 5.44. The zero-order valence-corrected chi connectivity index (χ0v) is 11.9. The highest BCUT2D eigenvalue weighted by Crippen LogP contribution is 2.30. The average Bonchev–Trinajstić information content (AvgIpc) is 2.84. The number of aryl methyl sites for hydroxylation is 1. The van der Waals surface area contributed by atoms with E-state index in [1.54, 1.807) is 0 Å². The van der Waals surface area contributed by atoms with Crippen LogP contribution in [0.2, 0.25) is 0 Å². The molecular formula is C14H15N3O2S. The lowest BCUT2D eigenvalue weighted by Gasteiger charge is -2.30. The van der Waals surface area contributed by atoms with Crippen molar-refractivity contribution >= 4 is 28.1 Å². The van der Waals surface area contributed by atoms with Crippen LogP contribution in [-0.2, 0) is 4.79 Å². The molecule has 1 aromatic carbocycles. The number of carbonyl (C=O) groups excluding carboxylic acids is 1. The van der Waals surface area contributed by atoms with Crippen molar-refractivity contribution in [2.75, 3.05) is 29.9 Å². The highest BCUT2D eigenvalue weighted by Gasteiger charge is 2.20. The van der Waals surface area contributed by atoms with Crippen molar-refractivity contribution in [3.8, 4) is 5.75 Å². The van der Waals surface area contributed by atoms with E-state index >= 15 is 0 Å². The lowest BCUT2D eigenvalue weighted by molar-refractivity contribution is -0.115. The molecule has 20 heavy (non-hydrogen) atoms. The fraction of sp³-hybridized carbons (Fsp3) is 0.286. The van der Waals surface area contributed by atoms with Gasteiger partial charge in [-0.05, 0) is 19.1 Å². The van der Waals surface area contributed by atoms with E-state index in [0.717, 1.165) is 17.1 Å². The van der Waals surface area contributed by atoms with Gasteiger partial charge in [0.1, 0.15) is 12.4 Å². The van der Waals surface area contributed by atoms with Gasteiger partial charge >= 0.3 is 0 Å². The van der Waals surface area contributed by atoms with Crippen LogP contribution in [0.25, 0.3) is 0 Å². The molecule has 1 aliphatic heterocycles. The molecule has 2 heterocycles. The van der Waals surface area contributed by atoms with Gasteiger partial charge in [-0.15, -0.1) is 11.3 Å². The van der Waals surface area contributed by atoms with E-state index in [0.29, 0.717) is 24.8 Å². The lowest BCUT2D eigenvalue weighted by atomic mass is 10.2. The topological polar surface area (TPSA) is 54.5 Å². The van der Waals surface area contributed by atoms with E-state index in [-0.39, 0.29) is 5.91 Å². The Morgan fingerprint density at radius 3 is 3.15 bits per heavy atom. The van der Waals surface area contributed by atoms with Gasteiger partial charge in [0.15, 0.2) is 5.13 Å². The molecule has 0 spiro atoms. The summed E-state index contributed by atoms with van der Waals surface area (Å²) in [7, 11) is 0. The normalized spacial score (nSPS) is 13.6. The fourth-order valence-electron chi connectivity index (χ4n) is 2.13. The number of thiazole rings is 1. The van der Waals surface area contributed by atoms with Gasteiger partial charge in [-0.25, -0.2) is 4.98 Å². The Labute approximate surface area is 121 Å². The van der Waals surface area contributed by atoms with Crippen molar-refractivity contribution in [2.45, 2.75) is 6.92 Å². The first-order valence-corrected chi connectivity index (χ1v) is 7.29. The molecule has 0 radical (unpaired) electrons. The van der Waals surface area contributed by atoms with E-state index in [1.165, 1.54) is 11.3 Å². The van der Waals surface area contributed by atoms with Gasteiger partial charge in [0.05, 0.1) is 24.5 Å². The SMILES string of the molecule is Cc1csc(NC(=O)CN2CCOc3ccccc32)n1. The van der Waals surface area contributed by atoms with Gasteiger partial charge in [0.2, 0.25) is 5.91 Å². The number of nitrogens with one attached hydrogen (secondary N) is 1. The number of hydrogen-bond acceptors (Lipinski definition) is 5. The average molecular weight is 289 g/mol. The summed E-state index contributed by atoms with van der Waals surface area (Å²) in [6.07, 6.45) is 0. The fourth-order valence-corrected chi connectivity index (χ4v) is 2.84. The Hall–Kier alpha value is -2.08. The van der Waals surface area contributed by atoms with Gasteiger partial charge in [0.25, 0.3) is 0 Å². The lowest BCUT2D eigenvalue weighted by Crippen LogP contribution is -2.38. The van der Waals surface area contributed by atoms with Crippen molar-refractivity contribution in [3.63, 3.8) is 0 Å². The van der Waals surface area contributed by atoms with Gasteiger partial charge in [0, 0.05) is 5.38 Å². The molecule has 0 bridgehead atoms. The van der Waals surface area contributed by atoms with Gasteiger partial charge in [-0.3, -0.25) is 4.79 Å². The quantitative estimate of drug-likeness (QED) is 0.942. The molecular weight excluding hydrogens is 274 g/mol. The first-order valence-electron chi connectivity index (χ1n) is 6.41. The number of carbonyl (C=O) groups is 1. The molecule has 0 saturated carbocycles. The molecule has 3 rings (SSSR count). The van der Waals surface area contributed by atoms with E-state index in [4.69, 9.17) is 4.74 Å². The molecule has 1 N–H and O–H groups in total. The van der Waals surface area contributed by atoms with E-state index < -0.39 is 0 Å². The smallest absolute Gasteiger partial charge is 0.245 e. The summed E-state index contributed by atoms with van der Waals surface area (Å²) in [6.45, 7) is 3.52. The molecule has 0 aliphatic carbocycles. The number of rotatable bonds is 3.